The Bertz CT molecular complexity index is 289. The highest BCUT2D eigenvalue weighted by molar-refractivity contribution is 5.32. The average molecular weight is 176 g/mol. The molecular weight excluding hydrogens is 160 g/mol. The summed E-state index contributed by atoms with van der Waals surface area (Å²) in [6.07, 6.45) is 4.18. The molecule has 0 aliphatic carbocycles. The van der Waals surface area contributed by atoms with Crippen molar-refractivity contribution in [3.8, 4) is 5.75 Å². The molecule has 0 fully saturated rings. The van der Waals surface area contributed by atoms with E-state index in [2.05, 4.69) is 13.0 Å². The quantitative estimate of drug-likeness (QED) is 0.642. The van der Waals surface area contributed by atoms with Gasteiger partial charge in [0.25, 0.3) is 0 Å². The number of aryl methyl sites for hydroxylation is 1. The van der Waals surface area contributed by atoms with Crippen LogP contribution in [0.3, 0.4) is 0 Å². The standard InChI is InChI=1S/C12H16O/c1-4-7-11(3)13-12-9-6-5-8-10(12)2/h4-9,11H,1-3H3/b7-4+/t11-/m1/s1. The molecule has 0 unspecified atom stereocenters. The van der Waals surface area contributed by atoms with Crippen LogP contribution in [0, 0.1) is 6.92 Å². The van der Waals surface area contributed by atoms with Gasteiger partial charge in [-0.25, -0.2) is 0 Å². The molecule has 1 aromatic rings. The summed E-state index contributed by atoms with van der Waals surface area (Å²) in [4.78, 5) is 0. The SMILES string of the molecule is C/C=C/[C@@H](C)Oc1ccccc1C. The Labute approximate surface area is 80.0 Å². The molecule has 0 aliphatic heterocycles. The first-order chi connectivity index (χ1) is 6.24. The second-order valence-electron chi connectivity index (χ2n) is 3.11. The molecule has 70 valence electrons. The molecule has 0 N–H and O–H groups in total. The minimum Gasteiger partial charge on any atom is -0.486 e. The molecule has 1 rings (SSSR count). The van der Waals surface area contributed by atoms with Crippen LogP contribution in [-0.2, 0) is 0 Å². The van der Waals surface area contributed by atoms with Gasteiger partial charge in [-0.05, 0) is 38.5 Å². The second-order valence-corrected chi connectivity index (χ2v) is 3.11. The maximum atomic E-state index is 5.70. The summed E-state index contributed by atoms with van der Waals surface area (Å²) < 4.78 is 5.70. The molecular formula is C12H16O. The van der Waals surface area contributed by atoms with Crippen molar-refractivity contribution in [1.82, 2.24) is 0 Å². The van der Waals surface area contributed by atoms with E-state index >= 15 is 0 Å². The molecule has 13 heavy (non-hydrogen) atoms. The highest BCUT2D eigenvalue weighted by Gasteiger charge is 2.00. The van der Waals surface area contributed by atoms with Crippen LogP contribution in [0.4, 0.5) is 0 Å². The Morgan fingerprint density at radius 2 is 2.00 bits per heavy atom. The summed E-state index contributed by atoms with van der Waals surface area (Å²) >= 11 is 0. The maximum absolute atomic E-state index is 5.70. The zero-order valence-electron chi connectivity index (χ0n) is 8.45. The third-order valence-corrected chi connectivity index (χ3v) is 1.87. The Morgan fingerprint density at radius 1 is 1.31 bits per heavy atom. The fraction of sp³-hybridized carbons (Fsp3) is 0.333. The summed E-state index contributed by atoms with van der Waals surface area (Å²) in [5.41, 5.74) is 1.18. The van der Waals surface area contributed by atoms with E-state index in [1.54, 1.807) is 0 Å². The number of hydrogen-bond acceptors (Lipinski definition) is 1. The summed E-state index contributed by atoms with van der Waals surface area (Å²) in [6.45, 7) is 6.09. The molecule has 1 nitrogen and oxygen atoms in total. The van der Waals surface area contributed by atoms with Crippen molar-refractivity contribution in [3.63, 3.8) is 0 Å². The minimum absolute atomic E-state index is 0.145. The van der Waals surface area contributed by atoms with Crippen LogP contribution in [0.5, 0.6) is 5.75 Å². The van der Waals surface area contributed by atoms with Crippen LogP contribution >= 0.6 is 0 Å². The van der Waals surface area contributed by atoms with Gasteiger partial charge in [-0.3, -0.25) is 0 Å². The topological polar surface area (TPSA) is 9.23 Å². The molecule has 0 bridgehead atoms. The molecule has 1 atom stereocenters. The number of benzene rings is 1. The normalized spacial score (nSPS) is 13.2. The van der Waals surface area contributed by atoms with Gasteiger partial charge in [-0.1, -0.05) is 24.3 Å². The Hall–Kier alpha value is -1.24. The molecule has 0 amide bonds. The van der Waals surface area contributed by atoms with Crippen LogP contribution in [0.2, 0.25) is 0 Å². The smallest absolute Gasteiger partial charge is 0.123 e. The predicted octanol–water partition coefficient (Wildman–Crippen LogP) is 3.34. The van der Waals surface area contributed by atoms with E-state index in [1.807, 2.05) is 44.2 Å². The monoisotopic (exact) mass is 176 g/mol. The van der Waals surface area contributed by atoms with Crippen molar-refractivity contribution in [2.75, 3.05) is 0 Å². The van der Waals surface area contributed by atoms with Crippen molar-refractivity contribution in [2.24, 2.45) is 0 Å². The third-order valence-electron chi connectivity index (χ3n) is 1.87. The lowest BCUT2D eigenvalue weighted by Gasteiger charge is -2.12. The summed E-state index contributed by atoms with van der Waals surface area (Å²) in [7, 11) is 0. The van der Waals surface area contributed by atoms with Gasteiger partial charge in [0.2, 0.25) is 0 Å². The summed E-state index contributed by atoms with van der Waals surface area (Å²) in [5.74, 6) is 0.966. The number of rotatable bonds is 3. The molecule has 1 aromatic carbocycles. The van der Waals surface area contributed by atoms with Crippen LogP contribution in [0.15, 0.2) is 36.4 Å². The Kier molecular flexibility index (Phi) is 3.56. The van der Waals surface area contributed by atoms with E-state index in [-0.39, 0.29) is 6.10 Å². The summed E-state index contributed by atoms with van der Waals surface area (Å²) in [5, 5.41) is 0. The van der Waals surface area contributed by atoms with Gasteiger partial charge in [0.05, 0.1) is 0 Å². The highest BCUT2D eigenvalue weighted by atomic mass is 16.5. The number of ether oxygens (including phenoxy) is 1. The molecule has 0 saturated heterocycles. The third kappa shape index (κ3) is 2.94. The fourth-order valence-electron chi connectivity index (χ4n) is 1.20. The van der Waals surface area contributed by atoms with Crippen molar-refractivity contribution in [3.05, 3.63) is 42.0 Å². The van der Waals surface area contributed by atoms with Crippen LogP contribution < -0.4 is 4.74 Å². The van der Waals surface area contributed by atoms with Gasteiger partial charge < -0.3 is 4.74 Å². The summed E-state index contributed by atoms with van der Waals surface area (Å²) in [6, 6.07) is 8.06. The lowest BCUT2D eigenvalue weighted by atomic mass is 10.2. The van der Waals surface area contributed by atoms with E-state index < -0.39 is 0 Å². The Balaban J connectivity index is 2.68. The first kappa shape index (κ1) is 9.85. The fourth-order valence-corrected chi connectivity index (χ4v) is 1.20. The second kappa shape index (κ2) is 4.70. The van der Waals surface area contributed by atoms with Gasteiger partial charge in [0, 0.05) is 0 Å². The van der Waals surface area contributed by atoms with Crippen molar-refractivity contribution >= 4 is 0 Å². The molecule has 0 aromatic heterocycles. The van der Waals surface area contributed by atoms with Gasteiger partial charge in [0.15, 0.2) is 0 Å². The molecule has 0 radical (unpaired) electrons. The molecule has 0 heterocycles. The van der Waals surface area contributed by atoms with Gasteiger partial charge in [0.1, 0.15) is 11.9 Å². The Morgan fingerprint density at radius 3 is 2.62 bits per heavy atom. The van der Waals surface area contributed by atoms with Crippen molar-refractivity contribution < 1.29 is 4.74 Å². The molecule has 0 spiro atoms. The van der Waals surface area contributed by atoms with Crippen molar-refractivity contribution in [2.45, 2.75) is 26.9 Å². The van der Waals surface area contributed by atoms with Crippen molar-refractivity contribution in [1.29, 1.82) is 0 Å². The van der Waals surface area contributed by atoms with Crippen LogP contribution in [-0.4, -0.2) is 6.10 Å². The lowest BCUT2D eigenvalue weighted by molar-refractivity contribution is 0.268. The number of para-hydroxylation sites is 1. The van der Waals surface area contributed by atoms with Gasteiger partial charge in [-0.15, -0.1) is 0 Å². The van der Waals surface area contributed by atoms with Crippen LogP contribution in [0.25, 0.3) is 0 Å². The average Bonchev–Trinajstić information content (AvgIpc) is 2.09. The molecule has 0 saturated carbocycles. The zero-order chi connectivity index (χ0) is 9.68. The lowest BCUT2D eigenvalue weighted by Crippen LogP contribution is -2.08. The van der Waals surface area contributed by atoms with E-state index in [0.29, 0.717) is 0 Å². The first-order valence-electron chi connectivity index (χ1n) is 4.59. The van der Waals surface area contributed by atoms with E-state index in [0.717, 1.165) is 5.75 Å². The van der Waals surface area contributed by atoms with Gasteiger partial charge in [-0.2, -0.15) is 0 Å². The molecule has 0 aliphatic rings. The van der Waals surface area contributed by atoms with E-state index in [1.165, 1.54) is 5.56 Å². The minimum atomic E-state index is 0.145. The highest BCUT2D eigenvalue weighted by Crippen LogP contribution is 2.17. The van der Waals surface area contributed by atoms with E-state index in [9.17, 15) is 0 Å². The maximum Gasteiger partial charge on any atom is 0.123 e. The molecule has 1 heteroatoms. The number of hydrogen-bond donors (Lipinski definition) is 0. The van der Waals surface area contributed by atoms with Gasteiger partial charge >= 0.3 is 0 Å². The predicted molar refractivity (Wildman–Crippen MR) is 56.1 cm³/mol. The van der Waals surface area contributed by atoms with E-state index in [4.69, 9.17) is 4.74 Å². The number of allylic oxidation sites excluding steroid dienone is 1. The van der Waals surface area contributed by atoms with Crippen LogP contribution in [0.1, 0.15) is 19.4 Å². The zero-order valence-corrected chi connectivity index (χ0v) is 8.45. The first-order valence-corrected chi connectivity index (χ1v) is 4.59. The largest absolute Gasteiger partial charge is 0.486 e.